The summed E-state index contributed by atoms with van der Waals surface area (Å²) < 4.78 is 48.7. The number of amides is 1. The number of aromatic nitrogens is 4. The summed E-state index contributed by atoms with van der Waals surface area (Å²) in [4.78, 5) is 35.1. The number of carboxylic acids is 1. The molecule has 0 aliphatic heterocycles. The van der Waals surface area contributed by atoms with Gasteiger partial charge in [-0.1, -0.05) is 0 Å². The Hall–Kier alpha value is -3.96. The molecule has 34 heavy (non-hydrogen) atoms. The lowest BCUT2D eigenvalue weighted by Gasteiger charge is -2.17. The summed E-state index contributed by atoms with van der Waals surface area (Å²) >= 11 is 0. The van der Waals surface area contributed by atoms with Crippen LogP contribution in [0.2, 0.25) is 0 Å². The zero-order chi connectivity index (χ0) is 25.3. The molecule has 1 amide bonds. The molecule has 180 valence electrons. The Morgan fingerprint density at radius 3 is 2.50 bits per heavy atom. The second kappa shape index (κ2) is 9.12. The fourth-order valence-corrected chi connectivity index (χ4v) is 3.11. The molecule has 0 aliphatic rings. The molecular formula is C22H22F3N5O4. The second-order valence-corrected chi connectivity index (χ2v) is 8.38. The minimum atomic E-state index is -4.76. The molecule has 0 saturated heterocycles. The van der Waals surface area contributed by atoms with Crippen LogP contribution in [-0.4, -0.2) is 41.9 Å². The molecule has 0 atom stereocenters. The number of rotatable bonds is 4. The highest BCUT2D eigenvalue weighted by Gasteiger charge is 2.36. The number of aromatic carboxylic acids is 1. The Bertz CT molecular complexity index is 1300. The van der Waals surface area contributed by atoms with E-state index in [-0.39, 0.29) is 23.4 Å². The average Bonchev–Trinajstić information content (AvgIpc) is 3.05. The normalized spacial score (nSPS) is 12.6. The van der Waals surface area contributed by atoms with E-state index in [1.807, 2.05) is 0 Å². The van der Waals surface area contributed by atoms with Crippen molar-refractivity contribution in [2.24, 2.45) is 12.0 Å². The minimum absolute atomic E-state index is 0.000115. The van der Waals surface area contributed by atoms with Gasteiger partial charge in [-0.05, 0) is 50.6 Å². The van der Waals surface area contributed by atoms with Crippen LogP contribution in [0.15, 0.2) is 47.8 Å². The smallest absolute Gasteiger partial charge is 0.437 e. The van der Waals surface area contributed by atoms with Gasteiger partial charge in [0.25, 0.3) is 0 Å². The number of carbonyl (C=O) groups is 2. The third-order valence-corrected chi connectivity index (χ3v) is 4.44. The predicted molar refractivity (Wildman–Crippen MR) is 114 cm³/mol. The maximum absolute atomic E-state index is 13.5. The van der Waals surface area contributed by atoms with Crippen LogP contribution in [0.3, 0.4) is 0 Å². The number of hydrogen-bond acceptors (Lipinski definition) is 5. The maximum Gasteiger partial charge on any atom is 0.437 e. The van der Waals surface area contributed by atoms with Crippen molar-refractivity contribution in [3.05, 3.63) is 65.4 Å². The number of alkyl halides is 3. The Balaban J connectivity index is 2.09. The van der Waals surface area contributed by atoms with Crippen molar-refractivity contribution >= 4 is 12.1 Å². The lowest BCUT2D eigenvalue weighted by molar-refractivity contribution is -0.140. The van der Waals surface area contributed by atoms with Crippen molar-refractivity contribution in [3.63, 3.8) is 0 Å². The molecule has 0 radical (unpaired) electrons. The highest BCUT2D eigenvalue weighted by Crippen LogP contribution is 2.35. The molecule has 0 spiro atoms. The third-order valence-electron chi connectivity index (χ3n) is 4.44. The van der Waals surface area contributed by atoms with Crippen LogP contribution in [0, 0.1) is 0 Å². The van der Waals surface area contributed by atoms with Gasteiger partial charge >= 0.3 is 18.2 Å². The van der Waals surface area contributed by atoms with E-state index in [1.54, 1.807) is 44.8 Å². The van der Waals surface area contributed by atoms with Crippen molar-refractivity contribution in [1.29, 1.82) is 0 Å². The molecular weight excluding hydrogens is 455 g/mol. The summed E-state index contributed by atoms with van der Waals surface area (Å²) in [5, 5.41) is 9.47. The number of ether oxygens (including phenoxy) is 1. The van der Waals surface area contributed by atoms with Gasteiger partial charge in [0.15, 0.2) is 5.69 Å². The fourth-order valence-electron chi connectivity index (χ4n) is 3.11. The van der Waals surface area contributed by atoms with Crippen LogP contribution in [0.25, 0.3) is 11.3 Å². The van der Waals surface area contributed by atoms with Crippen LogP contribution in [-0.2, 0) is 24.5 Å². The van der Waals surface area contributed by atoms with Gasteiger partial charge in [-0.2, -0.15) is 13.2 Å². The molecule has 0 saturated carbocycles. The first-order chi connectivity index (χ1) is 15.7. The number of aryl methyl sites for hydroxylation is 1. The van der Waals surface area contributed by atoms with Crippen molar-refractivity contribution < 1.29 is 32.6 Å². The lowest BCUT2D eigenvalue weighted by Crippen LogP contribution is -2.29. The maximum atomic E-state index is 13.5. The summed E-state index contributed by atoms with van der Waals surface area (Å²) in [7, 11) is 1.64. The van der Waals surface area contributed by atoms with E-state index in [1.165, 1.54) is 28.8 Å². The van der Waals surface area contributed by atoms with Crippen LogP contribution in [0.5, 0.6) is 0 Å². The number of imidazole rings is 1. The molecule has 1 N–H and O–H groups in total. The Labute approximate surface area is 192 Å². The van der Waals surface area contributed by atoms with E-state index in [0.717, 1.165) is 6.20 Å². The van der Waals surface area contributed by atoms with Crippen LogP contribution >= 0.6 is 0 Å². The summed E-state index contributed by atoms with van der Waals surface area (Å²) in [6, 6.07) is 5.07. The van der Waals surface area contributed by atoms with Gasteiger partial charge in [-0.25, -0.2) is 14.6 Å². The Morgan fingerprint density at radius 2 is 1.88 bits per heavy atom. The molecule has 0 fully saturated rings. The van der Waals surface area contributed by atoms with E-state index < -0.39 is 35.2 Å². The fraction of sp³-hybridized carbons (Fsp3) is 0.318. The molecule has 3 rings (SSSR count). The monoisotopic (exact) mass is 477 g/mol. The quantitative estimate of drug-likeness (QED) is 0.610. The van der Waals surface area contributed by atoms with Crippen molar-refractivity contribution in [2.75, 3.05) is 0 Å². The molecule has 0 bridgehead atoms. The van der Waals surface area contributed by atoms with Crippen LogP contribution in [0.4, 0.5) is 18.0 Å². The summed E-state index contributed by atoms with van der Waals surface area (Å²) in [6.07, 6.45) is -1.37. The molecule has 0 unspecified atom stereocenters. The van der Waals surface area contributed by atoms with Gasteiger partial charge in [0.1, 0.15) is 11.3 Å². The van der Waals surface area contributed by atoms with E-state index in [4.69, 9.17) is 4.74 Å². The van der Waals surface area contributed by atoms with Gasteiger partial charge in [0.05, 0.1) is 12.2 Å². The van der Waals surface area contributed by atoms with E-state index in [2.05, 4.69) is 15.0 Å². The first-order valence-corrected chi connectivity index (χ1v) is 10.0. The SMILES string of the molecule is Cn1ccn(Cc2cc(C(=O)O)nc(-c3cccnc3C(F)(F)F)c2)c1=NC(=O)OC(C)(C)C. The highest BCUT2D eigenvalue weighted by atomic mass is 19.4. The first-order valence-electron chi connectivity index (χ1n) is 10.0. The van der Waals surface area contributed by atoms with E-state index in [0.29, 0.717) is 5.56 Å². The van der Waals surface area contributed by atoms with Gasteiger partial charge in [-0.15, -0.1) is 4.99 Å². The van der Waals surface area contributed by atoms with Crippen molar-refractivity contribution in [1.82, 2.24) is 19.1 Å². The number of carboxylic acid groups (broad SMARTS) is 1. The summed E-state index contributed by atoms with van der Waals surface area (Å²) in [5.74, 6) is -1.41. The standard InChI is InChI=1S/C22H22F3N5O4/c1-21(2,3)34-20(33)28-19-29(4)8-9-30(19)12-13-10-15(27-16(11-13)18(31)32)14-6-5-7-26-17(14)22(23,24)25/h5-11H,12H2,1-4H3,(H,31,32). The van der Waals surface area contributed by atoms with E-state index >= 15 is 0 Å². The Morgan fingerprint density at radius 1 is 1.18 bits per heavy atom. The van der Waals surface area contributed by atoms with Crippen LogP contribution in [0.1, 0.15) is 42.5 Å². The molecule has 3 aromatic rings. The van der Waals surface area contributed by atoms with Gasteiger partial charge in [-0.3, -0.25) is 4.98 Å². The highest BCUT2D eigenvalue weighted by molar-refractivity contribution is 5.86. The topological polar surface area (TPSA) is 112 Å². The van der Waals surface area contributed by atoms with Gasteiger partial charge in [0.2, 0.25) is 5.62 Å². The molecule has 3 heterocycles. The van der Waals surface area contributed by atoms with Crippen molar-refractivity contribution in [2.45, 2.75) is 39.1 Å². The van der Waals surface area contributed by atoms with Gasteiger partial charge in [0, 0.05) is 31.2 Å². The molecule has 9 nitrogen and oxygen atoms in total. The molecule has 3 aromatic heterocycles. The third kappa shape index (κ3) is 5.88. The number of nitrogens with zero attached hydrogens (tertiary/aromatic N) is 5. The number of carbonyl (C=O) groups excluding carboxylic acids is 1. The minimum Gasteiger partial charge on any atom is -0.477 e. The summed E-state index contributed by atoms with van der Waals surface area (Å²) in [6.45, 7) is 5.08. The summed E-state index contributed by atoms with van der Waals surface area (Å²) in [5.41, 5.74) is -2.39. The largest absolute Gasteiger partial charge is 0.477 e. The lowest BCUT2D eigenvalue weighted by atomic mass is 10.1. The van der Waals surface area contributed by atoms with Gasteiger partial charge < -0.3 is 19.0 Å². The number of pyridine rings is 2. The molecule has 12 heteroatoms. The zero-order valence-electron chi connectivity index (χ0n) is 18.8. The molecule has 0 aromatic carbocycles. The average molecular weight is 477 g/mol. The number of hydrogen-bond donors (Lipinski definition) is 1. The van der Waals surface area contributed by atoms with Crippen molar-refractivity contribution in [3.8, 4) is 11.3 Å². The van der Waals surface area contributed by atoms with Crippen LogP contribution < -0.4 is 5.62 Å². The predicted octanol–water partition coefficient (Wildman–Crippen LogP) is 3.88. The Kier molecular flexibility index (Phi) is 6.62. The van der Waals surface area contributed by atoms with E-state index in [9.17, 15) is 27.9 Å². The zero-order valence-corrected chi connectivity index (χ0v) is 18.8. The first kappa shape index (κ1) is 24.7. The number of halogens is 3. The second-order valence-electron chi connectivity index (χ2n) is 8.38. The molecule has 0 aliphatic carbocycles.